The highest BCUT2D eigenvalue weighted by Crippen LogP contribution is 2.24. The molecule has 66 valence electrons. The lowest BCUT2D eigenvalue weighted by Crippen LogP contribution is -1.98. The highest BCUT2D eigenvalue weighted by Gasteiger charge is 2.09. The Morgan fingerprint density at radius 2 is 2.00 bits per heavy atom. The van der Waals surface area contributed by atoms with E-state index in [2.05, 4.69) is 0 Å². The van der Waals surface area contributed by atoms with Gasteiger partial charge in [-0.2, -0.15) is 0 Å². The molecule has 0 saturated heterocycles. The van der Waals surface area contributed by atoms with E-state index in [0.29, 0.717) is 17.3 Å². The SMILES string of the molecule is OC(CCCl)c1ccccc1Cl. The first-order valence-electron chi connectivity index (χ1n) is 3.74. The molecule has 0 spiro atoms. The van der Waals surface area contributed by atoms with Gasteiger partial charge < -0.3 is 5.11 Å². The van der Waals surface area contributed by atoms with Crippen LogP contribution in [0.25, 0.3) is 0 Å². The van der Waals surface area contributed by atoms with Crippen LogP contribution in [0, 0.1) is 0 Å². The van der Waals surface area contributed by atoms with E-state index in [1.807, 2.05) is 12.1 Å². The van der Waals surface area contributed by atoms with Crippen LogP contribution in [0.15, 0.2) is 24.3 Å². The van der Waals surface area contributed by atoms with Crippen LogP contribution in [0.2, 0.25) is 5.02 Å². The molecule has 1 N–H and O–H groups in total. The van der Waals surface area contributed by atoms with Crippen LogP contribution in [0.5, 0.6) is 0 Å². The van der Waals surface area contributed by atoms with Crippen LogP contribution in [-0.4, -0.2) is 11.0 Å². The highest BCUT2D eigenvalue weighted by molar-refractivity contribution is 6.31. The third-order valence-electron chi connectivity index (χ3n) is 1.65. The molecule has 0 saturated carbocycles. The molecular formula is C9H10Cl2O. The molecule has 0 radical (unpaired) electrons. The Hall–Kier alpha value is -0.240. The Labute approximate surface area is 81.9 Å². The van der Waals surface area contributed by atoms with Crippen molar-refractivity contribution in [3.63, 3.8) is 0 Å². The molecule has 0 aliphatic heterocycles. The molecule has 3 heteroatoms. The second-order valence-electron chi connectivity index (χ2n) is 2.51. The minimum Gasteiger partial charge on any atom is -0.388 e. The Morgan fingerprint density at radius 3 is 2.58 bits per heavy atom. The molecule has 1 aromatic rings. The summed E-state index contributed by atoms with van der Waals surface area (Å²) in [7, 11) is 0. The minimum absolute atomic E-state index is 0.437. The topological polar surface area (TPSA) is 20.2 Å². The smallest absolute Gasteiger partial charge is 0.0815 e. The van der Waals surface area contributed by atoms with E-state index in [1.54, 1.807) is 12.1 Å². The van der Waals surface area contributed by atoms with Gasteiger partial charge in [-0.15, -0.1) is 11.6 Å². The van der Waals surface area contributed by atoms with Crippen LogP contribution >= 0.6 is 23.2 Å². The first-order valence-corrected chi connectivity index (χ1v) is 4.65. The van der Waals surface area contributed by atoms with Gasteiger partial charge in [0.1, 0.15) is 0 Å². The Morgan fingerprint density at radius 1 is 1.33 bits per heavy atom. The van der Waals surface area contributed by atoms with Gasteiger partial charge in [-0.25, -0.2) is 0 Å². The maximum absolute atomic E-state index is 9.53. The number of aliphatic hydroxyl groups is 1. The zero-order valence-electron chi connectivity index (χ0n) is 6.50. The van der Waals surface area contributed by atoms with Crippen molar-refractivity contribution >= 4 is 23.2 Å². The Kier molecular flexibility index (Phi) is 3.86. The van der Waals surface area contributed by atoms with Crippen molar-refractivity contribution in [2.24, 2.45) is 0 Å². The Bertz CT molecular complexity index is 250. The summed E-state index contributed by atoms with van der Waals surface area (Å²) in [5.74, 6) is 0.437. The third-order valence-corrected chi connectivity index (χ3v) is 2.21. The predicted molar refractivity (Wildman–Crippen MR) is 51.7 cm³/mol. The molecule has 0 fully saturated rings. The Balaban J connectivity index is 2.79. The largest absolute Gasteiger partial charge is 0.388 e. The van der Waals surface area contributed by atoms with E-state index in [-0.39, 0.29) is 0 Å². The molecule has 0 aliphatic rings. The average Bonchev–Trinajstić information content (AvgIpc) is 2.05. The molecule has 0 amide bonds. The van der Waals surface area contributed by atoms with Gasteiger partial charge in [0.2, 0.25) is 0 Å². The zero-order chi connectivity index (χ0) is 8.97. The first kappa shape index (κ1) is 9.85. The van der Waals surface area contributed by atoms with Gasteiger partial charge in [-0.3, -0.25) is 0 Å². The fourth-order valence-electron chi connectivity index (χ4n) is 1.00. The summed E-state index contributed by atoms with van der Waals surface area (Å²) in [6.45, 7) is 0. The molecular weight excluding hydrogens is 195 g/mol. The number of hydrogen-bond donors (Lipinski definition) is 1. The van der Waals surface area contributed by atoms with Gasteiger partial charge in [0.25, 0.3) is 0 Å². The lowest BCUT2D eigenvalue weighted by atomic mass is 10.1. The molecule has 1 nitrogen and oxygen atoms in total. The maximum atomic E-state index is 9.53. The fraction of sp³-hybridized carbons (Fsp3) is 0.333. The third kappa shape index (κ3) is 2.37. The molecule has 0 bridgehead atoms. The molecule has 0 heterocycles. The van der Waals surface area contributed by atoms with Crippen molar-refractivity contribution < 1.29 is 5.11 Å². The predicted octanol–water partition coefficient (Wildman–Crippen LogP) is 3.00. The maximum Gasteiger partial charge on any atom is 0.0815 e. The fourth-order valence-corrected chi connectivity index (χ4v) is 1.47. The summed E-state index contributed by atoms with van der Waals surface area (Å²) in [5.41, 5.74) is 0.750. The van der Waals surface area contributed by atoms with E-state index in [0.717, 1.165) is 5.56 Å². The second kappa shape index (κ2) is 4.70. The summed E-state index contributed by atoms with van der Waals surface area (Å²) < 4.78 is 0. The quantitative estimate of drug-likeness (QED) is 0.752. The lowest BCUT2D eigenvalue weighted by Gasteiger charge is -2.09. The second-order valence-corrected chi connectivity index (χ2v) is 3.30. The monoisotopic (exact) mass is 204 g/mol. The van der Waals surface area contributed by atoms with Crippen LogP contribution in [-0.2, 0) is 0 Å². The molecule has 1 atom stereocenters. The van der Waals surface area contributed by atoms with Crippen LogP contribution in [0.4, 0.5) is 0 Å². The summed E-state index contributed by atoms with van der Waals surface area (Å²) in [6, 6.07) is 7.24. The van der Waals surface area contributed by atoms with Gasteiger partial charge in [-0.1, -0.05) is 29.8 Å². The van der Waals surface area contributed by atoms with Gasteiger partial charge >= 0.3 is 0 Å². The van der Waals surface area contributed by atoms with Crippen LogP contribution < -0.4 is 0 Å². The van der Waals surface area contributed by atoms with Gasteiger partial charge in [-0.05, 0) is 18.1 Å². The van der Waals surface area contributed by atoms with Crippen molar-refractivity contribution in [2.45, 2.75) is 12.5 Å². The number of rotatable bonds is 3. The number of alkyl halides is 1. The molecule has 1 unspecified atom stereocenters. The number of aliphatic hydroxyl groups excluding tert-OH is 1. The van der Waals surface area contributed by atoms with Gasteiger partial charge in [0.15, 0.2) is 0 Å². The van der Waals surface area contributed by atoms with E-state index in [1.165, 1.54) is 0 Å². The van der Waals surface area contributed by atoms with Crippen LogP contribution in [0.1, 0.15) is 18.1 Å². The van der Waals surface area contributed by atoms with E-state index in [4.69, 9.17) is 23.2 Å². The van der Waals surface area contributed by atoms with E-state index in [9.17, 15) is 5.11 Å². The van der Waals surface area contributed by atoms with E-state index >= 15 is 0 Å². The number of benzene rings is 1. The lowest BCUT2D eigenvalue weighted by molar-refractivity contribution is 0.175. The van der Waals surface area contributed by atoms with Gasteiger partial charge in [0.05, 0.1) is 6.10 Å². The summed E-state index contributed by atoms with van der Waals surface area (Å²) in [5, 5.41) is 10.1. The molecule has 0 aliphatic carbocycles. The van der Waals surface area contributed by atoms with E-state index < -0.39 is 6.10 Å². The molecule has 0 aromatic heterocycles. The number of halogens is 2. The van der Waals surface area contributed by atoms with Crippen molar-refractivity contribution in [3.05, 3.63) is 34.9 Å². The van der Waals surface area contributed by atoms with Crippen molar-refractivity contribution in [2.75, 3.05) is 5.88 Å². The molecule has 1 aromatic carbocycles. The number of hydrogen-bond acceptors (Lipinski definition) is 1. The first-order chi connectivity index (χ1) is 5.75. The summed E-state index contributed by atoms with van der Waals surface area (Å²) >= 11 is 11.3. The van der Waals surface area contributed by atoms with Crippen molar-refractivity contribution in [1.82, 2.24) is 0 Å². The average molecular weight is 205 g/mol. The van der Waals surface area contributed by atoms with Gasteiger partial charge in [0, 0.05) is 10.9 Å². The molecule has 1 rings (SSSR count). The van der Waals surface area contributed by atoms with Crippen molar-refractivity contribution in [1.29, 1.82) is 0 Å². The zero-order valence-corrected chi connectivity index (χ0v) is 8.02. The molecule has 12 heavy (non-hydrogen) atoms. The standard InChI is InChI=1S/C9H10Cl2O/c10-6-5-9(12)7-3-1-2-4-8(7)11/h1-4,9,12H,5-6H2. The summed E-state index contributed by atoms with van der Waals surface area (Å²) in [4.78, 5) is 0. The normalized spacial score (nSPS) is 12.9. The minimum atomic E-state index is -0.545. The van der Waals surface area contributed by atoms with Crippen LogP contribution in [0.3, 0.4) is 0 Å². The highest BCUT2D eigenvalue weighted by atomic mass is 35.5. The van der Waals surface area contributed by atoms with Crippen molar-refractivity contribution in [3.8, 4) is 0 Å². The summed E-state index contributed by atoms with van der Waals surface area (Å²) in [6.07, 6.45) is -0.0122.